The van der Waals surface area contributed by atoms with Crippen LogP contribution in [-0.4, -0.2) is 4.57 Å². The molecular formula is C48H32N2. The summed E-state index contributed by atoms with van der Waals surface area (Å²) in [7, 11) is 0. The van der Waals surface area contributed by atoms with Crippen molar-refractivity contribution in [3.8, 4) is 16.8 Å². The summed E-state index contributed by atoms with van der Waals surface area (Å²) < 4.78 is 2.50. The molecule has 0 aliphatic heterocycles. The van der Waals surface area contributed by atoms with Crippen LogP contribution in [-0.2, 0) is 0 Å². The van der Waals surface area contributed by atoms with Gasteiger partial charge in [0.05, 0.1) is 28.1 Å². The van der Waals surface area contributed by atoms with Crippen molar-refractivity contribution < 1.29 is 0 Å². The lowest BCUT2D eigenvalue weighted by Crippen LogP contribution is -2.14. The predicted octanol–water partition coefficient (Wildman–Crippen LogP) is 13.4. The number of anilines is 3. The zero-order valence-corrected chi connectivity index (χ0v) is 27.4. The van der Waals surface area contributed by atoms with Crippen molar-refractivity contribution in [1.82, 2.24) is 4.57 Å². The number of aromatic nitrogens is 1. The summed E-state index contributed by atoms with van der Waals surface area (Å²) in [5.74, 6) is 0. The highest BCUT2D eigenvalue weighted by atomic mass is 15.2. The normalized spacial score (nSPS) is 11.6. The molecule has 0 unspecified atom stereocenters. The molecule has 2 heteroatoms. The Morgan fingerprint density at radius 3 is 1.58 bits per heavy atom. The van der Waals surface area contributed by atoms with E-state index in [0.29, 0.717) is 0 Å². The van der Waals surface area contributed by atoms with Crippen molar-refractivity contribution >= 4 is 71.2 Å². The molecule has 0 spiro atoms. The SMILES string of the molecule is c1ccc(N(c2cccc(-c3cc4ccccc4c4ccccc34)c2-n2c3ccccc3c3ccccc32)c2cccc3ccccc23)cc1. The topological polar surface area (TPSA) is 8.17 Å². The first-order valence-electron chi connectivity index (χ1n) is 17.2. The van der Waals surface area contributed by atoms with Gasteiger partial charge >= 0.3 is 0 Å². The summed E-state index contributed by atoms with van der Waals surface area (Å²) in [5.41, 5.74) is 9.23. The highest BCUT2D eigenvalue weighted by Crippen LogP contribution is 2.48. The second-order valence-electron chi connectivity index (χ2n) is 12.9. The fraction of sp³-hybridized carbons (Fsp3) is 0. The lowest BCUT2D eigenvalue weighted by atomic mass is 9.91. The Hall–Kier alpha value is -6.64. The quantitative estimate of drug-likeness (QED) is 0.171. The van der Waals surface area contributed by atoms with E-state index in [9.17, 15) is 0 Å². The van der Waals surface area contributed by atoms with Crippen molar-refractivity contribution in [2.24, 2.45) is 0 Å². The molecular weight excluding hydrogens is 605 g/mol. The maximum absolute atomic E-state index is 2.50. The highest BCUT2D eigenvalue weighted by molar-refractivity contribution is 6.16. The molecule has 2 nitrogen and oxygen atoms in total. The van der Waals surface area contributed by atoms with Crippen LogP contribution >= 0.6 is 0 Å². The number of nitrogens with zero attached hydrogens (tertiary/aromatic N) is 2. The van der Waals surface area contributed by atoms with Crippen LogP contribution < -0.4 is 4.90 Å². The van der Waals surface area contributed by atoms with Gasteiger partial charge in [-0.05, 0) is 75.0 Å². The summed E-state index contributed by atoms with van der Waals surface area (Å²) >= 11 is 0. The Labute approximate surface area is 290 Å². The first kappa shape index (κ1) is 28.4. The molecule has 50 heavy (non-hydrogen) atoms. The fourth-order valence-electron chi connectivity index (χ4n) is 7.99. The van der Waals surface area contributed by atoms with Gasteiger partial charge in [0.1, 0.15) is 0 Å². The number of hydrogen-bond donors (Lipinski definition) is 0. The molecule has 0 fully saturated rings. The summed E-state index contributed by atoms with van der Waals surface area (Å²) in [6, 6.07) is 70.6. The maximum Gasteiger partial charge on any atom is 0.0782 e. The molecule has 10 rings (SSSR count). The molecule has 0 aliphatic rings. The first-order valence-corrected chi connectivity index (χ1v) is 17.2. The van der Waals surface area contributed by atoms with E-state index in [1.165, 1.54) is 65.3 Å². The van der Waals surface area contributed by atoms with Crippen LogP contribution in [0.4, 0.5) is 17.1 Å². The zero-order valence-electron chi connectivity index (χ0n) is 27.4. The molecule has 0 N–H and O–H groups in total. The third-order valence-electron chi connectivity index (χ3n) is 10.1. The monoisotopic (exact) mass is 636 g/mol. The highest BCUT2D eigenvalue weighted by Gasteiger charge is 2.25. The van der Waals surface area contributed by atoms with Crippen LogP contribution in [0.5, 0.6) is 0 Å². The largest absolute Gasteiger partial charge is 0.308 e. The fourth-order valence-corrected chi connectivity index (χ4v) is 7.99. The average molecular weight is 637 g/mol. The molecule has 0 bridgehead atoms. The summed E-state index contributed by atoms with van der Waals surface area (Å²) in [5, 5.41) is 9.88. The number of rotatable bonds is 5. The van der Waals surface area contributed by atoms with Gasteiger partial charge in [-0.3, -0.25) is 0 Å². The van der Waals surface area contributed by atoms with Crippen molar-refractivity contribution in [2.75, 3.05) is 4.90 Å². The second-order valence-corrected chi connectivity index (χ2v) is 12.9. The van der Waals surface area contributed by atoms with Crippen LogP contribution in [0.1, 0.15) is 0 Å². The van der Waals surface area contributed by atoms with Gasteiger partial charge in [0.25, 0.3) is 0 Å². The van der Waals surface area contributed by atoms with Crippen molar-refractivity contribution in [3.63, 3.8) is 0 Å². The number of benzene rings is 9. The van der Waals surface area contributed by atoms with Crippen LogP contribution in [0.2, 0.25) is 0 Å². The van der Waals surface area contributed by atoms with E-state index in [0.717, 1.165) is 22.7 Å². The predicted molar refractivity (Wildman–Crippen MR) is 213 cm³/mol. The molecule has 0 aliphatic carbocycles. The van der Waals surface area contributed by atoms with E-state index in [1.54, 1.807) is 0 Å². The Morgan fingerprint density at radius 1 is 0.320 bits per heavy atom. The van der Waals surface area contributed by atoms with E-state index >= 15 is 0 Å². The van der Waals surface area contributed by atoms with Gasteiger partial charge in [0, 0.05) is 27.4 Å². The third-order valence-corrected chi connectivity index (χ3v) is 10.1. The molecule has 0 saturated carbocycles. The lowest BCUT2D eigenvalue weighted by molar-refractivity contribution is 1.15. The molecule has 0 saturated heterocycles. The van der Waals surface area contributed by atoms with Gasteiger partial charge in [-0.15, -0.1) is 0 Å². The van der Waals surface area contributed by atoms with E-state index in [-0.39, 0.29) is 0 Å². The van der Waals surface area contributed by atoms with Crippen LogP contribution in [0.25, 0.3) is 70.9 Å². The van der Waals surface area contributed by atoms with Gasteiger partial charge < -0.3 is 9.47 Å². The van der Waals surface area contributed by atoms with Crippen LogP contribution in [0, 0.1) is 0 Å². The van der Waals surface area contributed by atoms with Crippen molar-refractivity contribution in [1.29, 1.82) is 0 Å². The number of hydrogen-bond acceptors (Lipinski definition) is 1. The second kappa shape index (κ2) is 11.5. The molecule has 0 atom stereocenters. The Kier molecular flexibility index (Phi) is 6.53. The van der Waals surface area contributed by atoms with E-state index < -0.39 is 0 Å². The van der Waals surface area contributed by atoms with Crippen molar-refractivity contribution in [2.45, 2.75) is 0 Å². The summed E-state index contributed by atoms with van der Waals surface area (Å²) in [6.45, 7) is 0. The maximum atomic E-state index is 2.50. The number of fused-ring (bicyclic) bond motifs is 7. The third kappa shape index (κ3) is 4.36. The lowest BCUT2D eigenvalue weighted by Gasteiger charge is -2.31. The molecule has 1 heterocycles. The van der Waals surface area contributed by atoms with E-state index in [4.69, 9.17) is 0 Å². The molecule has 10 aromatic rings. The van der Waals surface area contributed by atoms with Crippen LogP contribution in [0.15, 0.2) is 194 Å². The zero-order chi connectivity index (χ0) is 33.0. The van der Waals surface area contributed by atoms with Crippen molar-refractivity contribution in [3.05, 3.63) is 194 Å². The van der Waals surface area contributed by atoms with Gasteiger partial charge in [-0.2, -0.15) is 0 Å². The minimum Gasteiger partial charge on any atom is -0.308 e. The molecule has 9 aromatic carbocycles. The van der Waals surface area contributed by atoms with Gasteiger partial charge in [0.2, 0.25) is 0 Å². The van der Waals surface area contributed by atoms with E-state index in [1.807, 2.05) is 0 Å². The smallest absolute Gasteiger partial charge is 0.0782 e. The Morgan fingerprint density at radius 2 is 0.840 bits per heavy atom. The molecule has 234 valence electrons. The minimum atomic E-state index is 1.10. The first-order chi connectivity index (χ1) is 24.8. The van der Waals surface area contributed by atoms with Gasteiger partial charge in [-0.1, -0.05) is 152 Å². The minimum absolute atomic E-state index is 1.10. The Balaban J connectivity index is 1.40. The summed E-state index contributed by atoms with van der Waals surface area (Å²) in [6.07, 6.45) is 0. The molecule has 0 amide bonds. The standard InChI is InChI=1S/C48H32N2/c1-2-19-35(20-3-1)49(44-30-14-18-33-16-4-7-22-37(33)44)47-31-15-27-42(43-32-34-17-5-6-21-36(34)38-23-8-9-24-39(38)43)48(47)50-45-28-12-10-25-40(45)41-26-11-13-29-46(41)50/h1-32H. The average Bonchev–Trinajstić information content (AvgIpc) is 3.52. The number of para-hydroxylation sites is 4. The summed E-state index contributed by atoms with van der Waals surface area (Å²) in [4.78, 5) is 2.45. The van der Waals surface area contributed by atoms with Gasteiger partial charge in [-0.25, -0.2) is 0 Å². The molecule has 0 radical (unpaired) electrons. The Bertz CT molecular complexity index is 2820. The van der Waals surface area contributed by atoms with Crippen LogP contribution in [0.3, 0.4) is 0 Å². The van der Waals surface area contributed by atoms with Gasteiger partial charge in [0.15, 0.2) is 0 Å². The van der Waals surface area contributed by atoms with E-state index in [2.05, 4.69) is 204 Å². The molecule has 1 aromatic heterocycles.